The van der Waals surface area contributed by atoms with Crippen LogP contribution in [0.25, 0.3) is 0 Å². The van der Waals surface area contributed by atoms with Crippen LogP contribution in [0.5, 0.6) is 5.75 Å². The van der Waals surface area contributed by atoms with Crippen molar-refractivity contribution in [3.8, 4) is 5.75 Å². The normalized spacial score (nSPS) is 10.9. The van der Waals surface area contributed by atoms with Crippen LogP contribution in [0.3, 0.4) is 0 Å². The summed E-state index contributed by atoms with van der Waals surface area (Å²) in [6, 6.07) is 19.2. The van der Waals surface area contributed by atoms with Gasteiger partial charge in [0.1, 0.15) is 12.3 Å². The minimum Gasteiger partial charge on any atom is -0.494 e. The summed E-state index contributed by atoms with van der Waals surface area (Å²) in [6.45, 7) is 5.54. The Kier molecular flexibility index (Phi) is 8.48. The summed E-state index contributed by atoms with van der Waals surface area (Å²) in [5, 5.41) is 2.64. The molecule has 0 radical (unpaired) electrons. The van der Waals surface area contributed by atoms with Crippen molar-refractivity contribution in [2.24, 2.45) is 0 Å². The molecule has 0 spiro atoms. The first-order valence-electron chi connectivity index (χ1n) is 11.1. The van der Waals surface area contributed by atoms with Gasteiger partial charge in [-0.05, 0) is 69.3 Å². The SMILES string of the molecule is CCOC(=O)c1ccccc1NC(=O)CN(c1ccc(C)cc1)S(=O)(=O)c1ccc(OCC)cc1. The molecule has 1 amide bonds. The van der Waals surface area contributed by atoms with Crippen molar-refractivity contribution in [1.29, 1.82) is 0 Å². The topological polar surface area (TPSA) is 102 Å². The van der Waals surface area contributed by atoms with E-state index in [0.29, 0.717) is 18.0 Å². The molecule has 0 aliphatic rings. The standard InChI is InChI=1S/C26H28N2O6S/c1-4-33-21-14-16-22(17-15-21)35(31,32)28(20-12-10-19(3)11-13-20)18-25(29)27-24-9-7-6-8-23(24)26(30)34-5-2/h6-17H,4-5,18H2,1-3H3,(H,27,29). The number of carbonyl (C=O) groups is 2. The molecule has 8 nitrogen and oxygen atoms in total. The molecular weight excluding hydrogens is 468 g/mol. The number of sulfonamides is 1. The minimum atomic E-state index is -4.10. The molecule has 35 heavy (non-hydrogen) atoms. The van der Waals surface area contributed by atoms with E-state index in [4.69, 9.17) is 9.47 Å². The molecule has 0 saturated heterocycles. The molecule has 0 fully saturated rings. The van der Waals surface area contributed by atoms with Gasteiger partial charge in [0.15, 0.2) is 0 Å². The lowest BCUT2D eigenvalue weighted by atomic mass is 10.2. The minimum absolute atomic E-state index is 0.0150. The number of benzene rings is 3. The molecule has 0 atom stereocenters. The molecule has 0 aliphatic heterocycles. The molecule has 184 valence electrons. The van der Waals surface area contributed by atoms with Crippen LogP contribution in [-0.2, 0) is 19.6 Å². The fourth-order valence-corrected chi connectivity index (χ4v) is 4.75. The largest absolute Gasteiger partial charge is 0.494 e. The molecule has 1 N–H and O–H groups in total. The summed E-state index contributed by atoms with van der Waals surface area (Å²) < 4.78 is 38.6. The number of hydrogen-bond donors (Lipinski definition) is 1. The number of carbonyl (C=O) groups excluding carboxylic acids is 2. The number of anilines is 2. The highest BCUT2D eigenvalue weighted by atomic mass is 32.2. The van der Waals surface area contributed by atoms with Crippen molar-refractivity contribution < 1.29 is 27.5 Å². The molecule has 0 aliphatic carbocycles. The molecule has 0 saturated carbocycles. The van der Waals surface area contributed by atoms with E-state index in [1.54, 1.807) is 61.5 Å². The van der Waals surface area contributed by atoms with Crippen LogP contribution in [0.4, 0.5) is 11.4 Å². The van der Waals surface area contributed by atoms with Gasteiger partial charge in [-0.3, -0.25) is 9.10 Å². The van der Waals surface area contributed by atoms with Gasteiger partial charge >= 0.3 is 5.97 Å². The quantitative estimate of drug-likeness (QED) is 0.417. The van der Waals surface area contributed by atoms with Crippen molar-refractivity contribution in [2.45, 2.75) is 25.7 Å². The highest BCUT2D eigenvalue weighted by Gasteiger charge is 2.28. The van der Waals surface area contributed by atoms with Gasteiger partial charge in [-0.1, -0.05) is 29.8 Å². The van der Waals surface area contributed by atoms with Crippen molar-refractivity contribution in [3.05, 3.63) is 83.9 Å². The van der Waals surface area contributed by atoms with E-state index >= 15 is 0 Å². The molecule has 3 aromatic carbocycles. The van der Waals surface area contributed by atoms with Crippen LogP contribution in [0.1, 0.15) is 29.8 Å². The molecule has 0 bridgehead atoms. The number of amides is 1. The number of ether oxygens (including phenoxy) is 2. The Balaban J connectivity index is 1.92. The van der Waals surface area contributed by atoms with E-state index in [9.17, 15) is 18.0 Å². The Hall–Kier alpha value is -3.85. The maximum Gasteiger partial charge on any atom is 0.340 e. The van der Waals surface area contributed by atoms with Crippen LogP contribution in [0, 0.1) is 6.92 Å². The zero-order valence-corrected chi connectivity index (χ0v) is 20.7. The first-order chi connectivity index (χ1) is 16.8. The third-order valence-corrected chi connectivity index (χ3v) is 6.82. The van der Waals surface area contributed by atoms with E-state index in [-0.39, 0.29) is 22.8 Å². The van der Waals surface area contributed by atoms with Gasteiger partial charge in [0, 0.05) is 0 Å². The van der Waals surface area contributed by atoms with Gasteiger partial charge in [0.05, 0.1) is 35.0 Å². The number of aryl methyl sites for hydroxylation is 1. The lowest BCUT2D eigenvalue weighted by Crippen LogP contribution is -2.38. The highest BCUT2D eigenvalue weighted by Crippen LogP contribution is 2.26. The monoisotopic (exact) mass is 496 g/mol. The first-order valence-corrected chi connectivity index (χ1v) is 12.6. The maximum absolute atomic E-state index is 13.6. The van der Waals surface area contributed by atoms with Crippen LogP contribution in [0.2, 0.25) is 0 Å². The summed E-state index contributed by atoms with van der Waals surface area (Å²) in [5.74, 6) is -0.653. The predicted molar refractivity (Wildman–Crippen MR) is 134 cm³/mol. The Morgan fingerprint density at radius 3 is 2.17 bits per heavy atom. The van der Waals surface area contributed by atoms with E-state index in [1.807, 2.05) is 13.8 Å². The molecule has 3 rings (SSSR count). The summed E-state index contributed by atoms with van der Waals surface area (Å²) >= 11 is 0. The molecule has 9 heteroatoms. The van der Waals surface area contributed by atoms with Gasteiger partial charge in [0.2, 0.25) is 5.91 Å². The van der Waals surface area contributed by atoms with Gasteiger partial charge in [-0.25, -0.2) is 13.2 Å². The van der Waals surface area contributed by atoms with Crippen molar-refractivity contribution in [2.75, 3.05) is 29.4 Å². The molecule has 0 aromatic heterocycles. The lowest BCUT2D eigenvalue weighted by molar-refractivity contribution is -0.114. The predicted octanol–water partition coefficient (Wildman–Crippen LogP) is 4.40. The highest BCUT2D eigenvalue weighted by molar-refractivity contribution is 7.92. The third-order valence-electron chi connectivity index (χ3n) is 5.03. The Morgan fingerprint density at radius 1 is 0.886 bits per heavy atom. The van der Waals surface area contributed by atoms with Gasteiger partial charge in [0.25, 0.3) is 10.0 Å². The second-order valence-corrected chi connectivity index (χ2v) is 9.43. The lowest BCUT2D eigenvalue weighted by Gasteiger charge is -2.24. The van der Waals surface area contributed by atoms with E-state index in [0.717, 1.165) is 9.87 Å². The Bertz CT molecular complexity index is 1270. The molecule has 0 unspecified atom stereocenters. The van der Waals surface area contributed by atoms with Gasteiger partial charge in [-0.15, -0.1) is 0 Å². The fraction of sp³-hybridized carbons (Fsp3) is 0.231. The number of esters is 1. The van der Waals surface area contributed by atoms with E-state index < -0.39 is 28.4 Å². The van der Waals surface area contributed by atoms with E-state index in [2.05, 4.69) is 5.32 Å². The van der Waals surface area contributed by atoms with Crippen LogP contribution in [-0.4, -0.2) is 40.1 Å². The Labute approximate surface area is 205 Å². The van der Waals surface area contributed by atoms with Crippen molar-refractivity contribution >= 4 is 33.3 Å². The number of nitrogens with zero attached hydrogens (tertiary/aromatic N) is 1. The number of rotatable bonds is 10. The maximum atomic E-state index is 13.6. The first kappa shape index (κ1) is 25.8. The zero-order chi connectivity index (χ0) is 25.4. The van der Waals surface area contributed by atoms with Gasteiger partial charge < -0.3 is 14.8 Å². The summed E-state index contributed by atoms with van der Waals surface area (Å²) in [4.78, 5) is 25.3. The second kappa shape index (κ2) is 11.5. The average Bonchev–Trinajstić information content (AvgIpc) is 2.84. The smallest absolute Gasteiger partial charge is 0.340 e. The second-order valence-electron chi connectivity index (χ2n) is 7.57. The summed E-state index contributed by atoms with van der Waals surface area (Å²) in [5.41, 5.74) is 1.69. The van der Waals surface area contributed by atoms with Crippen molar-refractivity contribution in [3.63, 3.8) is 0 Å². The average molecular weight is 497 g/mol. The third kappa shape index (κ3) is 6.39. The number of hydrogen-bond acceptors (Lipinski definition) is 6. The summed E-state index contributed by atoms with van der Waals surface area (Å²) in [7, 11) is -4.10. The van der Waals surface area contributed by atoms with Crippen LogP contribution >= 0.6 is 0 Å². The van der Waals surface area contributed by atoms with Crippen LogP contribution in [0.15, 0.2) is 77.7 Å². The van der Waals surface area contributed by atoms with Crippen LogP contribution < -0.4 is 14.4 Å². The van der Waals surface area contributed by atoms with Gasteiger partial charge in [-0.2, -0.15) is 0 Å². The summed E-state index contributed by atoms with van der Waals surface area (Å²) in [6.07, 6.45) is 0. The molecular formula is C26H28N2O6S. The van der Waals surface area contributed by atoms with E-state index in [1.165, 1.54) is 18.2 Å². The number of nitrogens with one attached hydrogen (secondary N) is 1. The molecule has 0 heterocycles. The Morgan fingerprint density at radius 2 is 1.54 bits per heavy atom. The van der Waals surface area contributed by atoms with Crippen molar-refractivity contribution in [1.82, 2.24) is 0 Å². The molecule has 3 aromatic rings. The zero-order valence-electron chi connectivity index (χ0n) is 19.9. The number of para-hydroxylation sites is 1. The fourth-order valence-electron chi connectivity index (χ4n) is 3.33.